The number of ether oxygens (including phenoxy) is 1. The van der Waals surface area contributed by atoms with Crippen molar-refractivity contribution in [1.29, 1.82) is 0 Å². The smallest absolute Gasteiger partial charge is 0.322 e. The van der Waals surface area contributed by atoms with Gasteiger partial charge in [0.15, 0.2) is 0 Å². The van der Waals surface area contributed by atoms with Crippen LogP contribution >= 0.6 is 11.6 Å². The van der Waals surface area contributed by atoms with Gasteiger partial charge in [-0.05, 0) is 30.9 Å². The molecule has 0 aromatic carbocycles. The second-order valence-corrected chi connectivity index (χ2v) is 5.25. The van der Waals surface area contributed by atoms with Crippen molar-refractivity contribution in [3.63, 3.8) is 0 Å². The first kappa shape index (κ1) is 15.8. The summed E-state index contributed by atoms with van der Waals surface area (Å²) >= 11 is 5.92. The molecule has 0 saturated carbocycles. The van der Waals surface area contributed by atoms with Crippen LogP contribution in [0.5, 0.6) is 6.01 Å². The second-order valence-electron chi connectivity index (χ2n) is 4.91. The number of nitrogens with one attached hydrogen (secondary N) is 1. The van der Waals surface area contributed by atoms with E-state index in [2.05, 4.69) is 20.3 Å². The van der Waals surface area contributed by atoms with Gasteiger partial charge in [-0.1, -0.05) is 6.92 Å². The Bertz CT molecular complexity index is 491. The van der Waals surface area contributed by atoms with Crippen LogP contribution in [-0.2, 0) is 4.79 Å². The van der Waals surface area contributed by atoms with E-state index in [1.807, 2.05) is 11.8 Å². The topological polar surface area (TPSA) is 80.2 Å². The molecule has 1 N–H and O–H groups in total. The molecule has 8 heteroatoms. The molecule has 0 unspecified atom stereocenters. The van der Waals surface area contributed by atoms with Crippen molar-refractivity contribution in [2.45, 2.75) is 26.2 Å². The lowest BCUT2D eigenvalue weighted by Crippen LogP contribution is -2.40. The summed E-state index contributed by atoms with van der Waals surface area (Å²) in [5.41, 5.74) is 0. The van der Waals surface area contributed by atoms with Gasteiger partial charge in [0.1, 0.15) is 0 Å². The third kappa shape index (κ3) is 4.17. The van der Waals surface area contributed by atoms with Gasteiger partial charge in [-0.2, -0.15) is 15.0 Å². The first-order chi connectivity index (χ1) is 10.1. The van der Waals surface area contributed by atoms with Crippen molar-refractivity contribution in [2.75, 3.05) is 31.6 Å². The molecule has 1 fully saturated rings. The van der Waals surface area contributed by atoms with Crippen molar-refractivity contribution in [3.05, 3.63) is 5.28 Å². The van der Waals surface area contributed by atoms with E-state index in [9.17, 15) is 4.79 Å². The molecule has 0 atom stereocenters. The molecule has 1 saturated heterocycles. The standard InChI is InChI=1S/C13H20ClN5O2/c1-3-8-21-13-17-11(14)16-12(18-13)19-6-4-9(5-7-19)10(20)15-2/h9H,3-8H2,1-2H3,(H,15,20). The number of aromatic nitrogens is 3. The third-order valence-electron chi connectivity index (χ3n) is 3.41. The lowest BCUT2D eigenvalue weighted by Gasteiger charge is -2.31. The summed E-state index contributed by atoms with van der Waals surface area (Å²) in [5, 5.41) is 2.82. The van der Waals surface area contributed by atoms with Crippen LogP contribution in [0.15, 0.2) is 0 Å². The average Bonchev–Trinajstić information content (AvgIpc) is 2.51. The number of hydrogen-bond donors (Lipinski definition) is 1. The van der Waals surface area contributed by atoms with Crippen LogP contribution in [0.25, 0.3) is 0 Å². The zero-order chi connectivity index (χ0) is 15.2. The monoisotopic (exact) mass is 313 g/mol. The van der Waals surface area contributed by atoms with Crippen LogP contribution in [0.2, 0.25) is 5.28 Å². The molecule has 1 aliphatic rings. The largest absolute Gasteiger partial charge is 0.463 e. The van der Waals surface area contributed by atoms with E-state index in [0.717, 1.165) is 19.3 Å². The van der Waals surface area contributed by atoms with Crippen molar-refractivity contribution in [1.82, 2.24) is 20.3 Å². The summed E-state index contributed by atoms with van der Waals surface area (Å²) in [6, 6.07) is 0.250. The van der Waals surface area contributed by atoms with Crippen LogP contribution in [0.1, 0.15) is 26.2 Å². The Kier molecular flexibility index (Phi) is 5.55. The highest BCUT2D eigenvalue weighted by Gasteiger charge is 2.26. The first-order valence-electron chi connectivity index (χ1n) is 7.15. The molecule has 21 heavy (non-hydrogen) atoms. The van der Waals surface area contributed by atoms with Crippen LogP contribution in [-0.4, -0.2) is 47.6 Å². The third-order valence-corrected chi connectivity index (χ3v) is 3.58. The predicted molar refractivity (Wildman–Crippen MR) is 79.6 cm³/mol. The van der Waals surface area contributed by atoms with Gasteiger partial charge in [0, 0.05) is 26.1 Å². The van der Waals surface area contributed by atoms with Gasteiger partial charge in [-0.3, -0.25) is 4.79 Å². The molecule has 7 nitrogen and oxygen atoms in total. The Balaban J connectivity index is 2.02. The summed E-state index contributed by atoms with van der Waals surface area (Å²) in [5.74, 6) is 0.658. The van der Waals surface area contributed by atoms with Gasteiger partial charge in [-0.25, -0.2) is 0 Å². The van der Waals surface area contributed by atoms with Gasteiger partial charge in [0.25, 0.3) is 0 Å². The van der Waals surface area contributed by atoms with Crippen molar-refractivity contribution >= 4 is 23.5 Å². The van der Waals surface area contributed by atoms with Crippen molar-refractivity contribution in [2.24, 2.45) is 5.92 Å². The minimum atomic E-state index is 0.0550. The Labute approximate surface area is 129 Å². The lowest BCUT2D eigenvalue weighted by molar-refractivity contribution is -0.125. The zero-order valence-electron chi connectivity index (χ0n) is 12.3. The van der Waals surface area contributed by atoms with Crippen LogP contribution in [0.4, 0.5) is 5.95 Å². The van der Waals surface area contributed by atoms with Crippen LogP contribution in [0.3, 0.4) is 0 Å². The van der Waals surface area contributed by atoms with Gasteiger partial charge >= 0.3 is 6.01 Å². The predicted octanol–water partition coefficient (Wildman–Crippen LogP) is 1.28. The average molecular weight is 314 g/mol. The molecule has 1 aromatic rings. The van der Waals surface area contributed by atoms with E-state index in [4.69, 9.17) is 16.3 Å². The molecule has 0 aliphatic carbocycles. The molecule has 0 spiro atoms. The van der Waals surface area contributed by atoms with Crippen molar-refractivity contribution in [3.8, 4) is 6.01 Å². The summed E-state index contributed by atoms with van der Waals surface area (Å²) < 4.78 is 5.41. The number of carbonyl (C=O) groups excluding carboxylic acids is 1. The molecule has 0 bridgehead atoms. The molecule has 1 amide bonds. The fourth-order valence-electron chi connectivity index (χ4n) is 2.27. The van der Waals surface area contributed by atoms with Gasteiger partial charge < -0.3 is 15.0 Å². The molecule has 1 aliphatic heterocycles. The number of hydrogen-bond acceptors (Lipinski definition) is 6. The Morgan fingerprint density at radius 2 is 2.10 bits per heavy atom. The highest BCUT2D eigenvalue weighted by atomic mass is 35.5. The van der Waals surface area contributed by atoms with Crippen LogP contribution in [0, 0.1) is 5.92 Å². The Morgan fingerprint density at radius 3 is 2.71 bits per heavy atom. The SMILES string of the molecule is CCCOc1nc(Cl)nc(N2CCC(C(=O)NC)CC2)n1. The molecular weight excluding hydrogens is 294 g/mol. The number of nitrogens with zero attached hydrogens (tertiary/aromatic N) is 4. The first-order valence-corrected chi connectivity index (χ1v) is 7.52. The summed E-state index contributed by atoms with van der Waals surface area (Å²) in [4.78, 5) is 26.0. The maximum absolute atomic E-state index is 11.6. The Hall–Kier alpha value is -1.63. The maximum Gasteiger partial charge on any atom is 0.322 e. The minimum absolute atomic E-state index is 0.0550. The molecule has 2 rings (SSSR count). The molecule has 2 heterocycles. The number of anilines is 1. The van der Waals surface area contributed by atoms with E-state index >= 15 is 0 Å². The molecule has 0 radical (unpaired) electrons. The summed E-state index contributed by atoms with van der Waals surface area (Å²) in [6.07, 6.45) is 2.42. The number of rotatable bonds is 5. The van der Waals surface area contributed by atoms with Crippen LogP contribution < -0.4 is 15.0 Å². The maximum atomic E-state index is 11.6. The lowest BCUT2D eigenvalue weighted by atomic mass is 9.96. The highest BCUT2D eigenvalue weighted by molar-refractivity contribution is 6.28. The van der Waals surface area contributed by atoms with Gasteiger partial charge in [0.2, 0.25) is 17.1 Å². The normalized spacial score (nSPS) is 15.9. The van der Waals surface area contributed by atoms with E-state index in [1.165, 1.54) is 0 Å². The molecule has 116 valence electrons. The second kappa shape index (κ2) is 7.40. The number of carbonyl (C=O) groups is 1. The fourth-order valence-corrected chi connectivity index (χ4v) is 2.42. The number of amides is 1. The zero-order valence-corrected chi connectivity index (χ0v) is 13.1. The number of piperidine rings is 1. The highest BCUT2D eigenvalue weighted by Crippen LogP contribution is 2.22. The van der Waals surface area contributed by atoms with E-state index in [-0.39, 0.29) is 23.1 Å². The van der Waals surface area contributed by atoms with Crippen molar-refractivity contribution < 1.29 is 9.53 Å². The molecular formula is C13H20ClN5O2. The van der Waals surface area contributed by atoms with E-state index in [0.29, 0.717) is 25.6 Å². The summed E-state index contributed by atoms with van der Waals surface area (Å²) in [7, 11) is 1.66. The number of halogens is 1. The molecule has 1 aromatic heterocycles. The van der Waals surface area contributed by atoms with Gasteiger partial charge in [0.05, 0.1) is 6.61 Å². The quantitative estimate of drug-likeness (QED) is 0.882. The Morgan fingerprint density at radius 1 is 1.38 bits per heavy atom. The van der Waals surface area contributed by atoms with E-state index < -0.39 is 0 Å². The summed E-state index contributed by atoms with van der Waals surface area (Å²) in [6.45, 7) is 3.98. The van der Waals surface area contributed by atoms with E-state index in [1.54, 1.807) is 7.05 Å². The minimum Gasteiger partial charge on any atom is -0.463 e. The van der Waals surface area contributed by atoms with Gasteiger partial charge in [-0.15, -0.1) is 0 Å². The fraction of sp³-hybridized carbons (Fsp3) is 0.692.